The van der Waals surface area contributed by atoms with Crippen LogP contribution in [0.2, 0.25) is 0 Å². The van der Waals surface area contributed by atoms with E-state index in [1.54, 1.807) is 13.0 Å². The second-order valence-corrected chi connectivity index (χ2v) is 10.1. The number of carbonyl (C=O) groups excluding carboxylic acids is 3. The first-order valence-corrected chi connectivity index (χ1v) is 13.5. The van der Waals surface area contributed by atoms with E-state index in [1.165, 1.54) is 30.0 Å². The predicted molar refractivity (Wildman–Crippen MR) is 150 cm³/mol. The Morgan fingerprint density at radius 3 is 2.30 bits per heavy atom. The molecule has 0 bridgehead atoms. The number of nitrogens with one attached hydrogen (secondary N) is 2. The molecule has 0 fully saturated rings. The minimum Gasteiger partial charge on any atom is -0.462 e. The smallest absolute Gasteiger partial charge is 0.341 e. The van der Waals surface area contributed by atoms with Gasteiger partial charge in [0.2, 0.25) is 11.8 Å². The molecule has 0 spiro atoms. The van der Waals surface area contributed by atoms with Gasteiger partial charge in [0.15, 0.2) is 0 Å². The number of thioether (sulfide) groups is 1. The highest BCUT2D eigenvalue weighted by atomic mass is 32.2. The second kappa shape index (κ2) is 12.4. The lowest BCUT2D eigenvalue weighted by Gasteiger charge is -2.18. The van der Waals surface area contributed by atoms with E-state index in [0.717, 1.165) is 16.0 Å². The number of thiophene rings is 1. The Balaban J connectivity index is 1.67. The fraction of sp³-hybridized carbons (Fsp3) is 0.138. The SMILES string of the molecule is CCOC(=O)c1c(-c2ccccc2)csc1NC(=O)C(Sc1cccc(NC(C)=O)c1)c1ccccc1. The Morgan fingerprint density at radius 2 is 1.62 bits per heavy atom. The van der Waals surface area contributed by atoms with Crippen molar-refractivity contribution in [1.29, 1.82) is 0 Å². The summed E-state index contributed by atoms with van der Waals surface area (Å²) in [6.45, 7) is 3.43. The number of rotatable bonds is 9. The maximum absolute atomic E-state index is 13.7. The van der Waals surface area contributed by atoms with E-state index in [9.17, 15) is 14.4 Å². The van der Waals surface area contributed by atoms with Crippen molar-refractivity contribution in [2.45, 2.75) is 24.0 Å². The lowest BCUT2D eigenvalue weighted by Crippen LogP contribution is -2.20. The second-order valence-electron chi connectivity index (χ2n) is 8.05. The van der Waals surface area contributed by atoms with Crippen LogP contribution in [0.5, 0.6) is 0 Å². The summed E-state index contributed by atoms with van der Waals surface area (Å²) >= 11 is 2.66. The van der Waals surface area contributed by atoms with Gasteiger partial charge in [0.05, 0.1) is 6.61 Å². The third-order valence-electron chi connectivity index (χ3n) is 5.34. The third-order valence-corrected chi connectivity index (χ3v) is 7.48. The number of anilines is 2. The van der Waals surface area contributed by atoms with Crippen LogP contribution < -0.4 is 10.6 Å². The van der Waals surface area contributed by atoms with E-state index in [4.69, 9.17) is 4.74 Å². The van der Waals surface area contributed by atoms with Crippen molar-refractivity contribution < 1.29 is 19.1 Å². The number of ether oxygens (including phenoxy) is 1. The van der Waals surface area contributed by atoms with Gasteiger partial charge in [-0.25, -0.2) is 4.79 Å². The Morgan fingerprint density at radius 1 is 0.919 bits per heavy atom. The molecule has 6 nitrogen and oxygen atoms in total. The van der Waals surface area contributed by atoms with Crippen LogP contribution in [0.25, 0.3) is 11.1 Å². The zero-order valence-electron chi connectivity index (χ0n) is 20.4. The Bertz CT molecular complexity index is 1390. The Labute approximate surface area is 224 Å². The van der Waals surface area contributed by atoms with E-state index in [0.29, 0.717) is 21.8 Å². The number of carbonyl (C=O) groups is 3. The van der Waals surface area contributed by atoms with Gasteiger partial charge >= 0.3 is 5.97 Å². The fourth-order valence-electron chi connectivity index (χ4n) is 3.75. The standard InChI is InChI=1S/C29H26N2O4S2/c1-3-35-29(34)25-24(20-11-6-4-7-12-20)18-36-28(25)31-27(33)26(21-13-8-5-9-14-21)37-23-16-10-15-22(17-23)30-19(2)32/h4-18,26H,3H2,1-2H3,(H,30,32)(H,31,33). The first kappa shape index (κ1) is 26.2. The number of hydrogen-bond donors (Lipinski definition) is 2. The largest absolute Gasteiger partial charge is 0.462 e. The van der Waals surface area contributed by atoms with E-state index in [1.807, 2.05) is 84.2 Å². The summed E-state index contributed by atoms with van der Waals surface area (Å²) in [5.41, 5.74) is 3.39. The molecule has 4 aromatic rings. The molecule has 0 aliphatic heterocycles. The molecule has 1 heterocycles. The highest BCUT2D eigenvalue weighted by Gasteiger charge is 2.27. The van der Waals surface area contributed by atoms with Gasteiger partial charge < -0.3 is 15.4 Å². The molecule has 1 unspecified atom stereocenters. The predicted octanol–water partition coefficient (Wildman–Crippen LogP) is 7.02. The zero-order chi connectivity index (χ0) is 26.2. The van der Waals surface area contributed by atoms with Crippen molar-refractivity contribution in [3.63, 3.8) is 0 Å². The van der Waals surface area contributed by atoms with Gasteiger partial charge in [0.25, 0.3) is 0 Å². The topological polar surface area (TPSA) is 84.5 Å². The number of esters is 1. The van der Waals surface area contributed by atoms with Crippen LogP contribution in [0.3, 0.4) is 0 Å². The molecule has 0 saturated heterocycles. The summed E-state index contributed by atoms with van der Waals surface area (Å²) in [4.78, 5) is 39.0. The molecule has 4 rings (SSSR count). The van der Waals surface area contributed by atoms with E-state index < -0.39 is 11.2 Å². The van der Waals surface area contributed by atoms with E-state index in [-0.39, 0.29) is 18.4 Å². The van der Waals surface area contributed by atoms with Crippen LogP contribution in [0.4, 0.5) is 10.7 Å². The van der Waals surface area contributed by atoms with Crippen LogP contribution in [0, 0.1) is 0 Å². The van der Waals surface area contributed by atoms with Crippen molar-refractivity contribution in [2.75, 3.05) is 17.2 Å². The number of hydrogen-bond acceptors (Lipinski definition) is 6. The molecule has 1 atom stereocenters. The number of amides is 2. The van der Waals surface area contributed by atoms with Crippen molar-refractivity contribution in [1.82, 2.24) is 0 Å². The van der Waals surface area contributed by atoms with Gasteiger partial charge in [-0.05, 0) is 36.2 Å². The van der Waals surface area contributed by atoms with Crippen LogP contribution in [-0.4, -0.2) is 24.4 Å². The highest BCUT2D eigenvalue weighted by Crippen LogP contribution is 2.40. The van der Waals surface area contributed by atoms with E-state index >= 15 is 0 Å². The van der Waals surface area contributed by atoms with Crippen LogP contribution in [0.15, 0.2) is 95.2 Å². The summed E-state index contributed by atoms with van der Waals surface area (Å²) in [7, 11) is 0. The molecule has 188 valence electrons. The van der Waals surface area contributed by atoms with Crippen molar-refractivity contribution >= 4 is 51.6 Å². The summed E-state index contributed by atoms with van der Waals surface area (Å²) in [6, 6.07) is 26.3. The van der Waals surface area contributed by atoms with Crippen LogP contribution in [0.1, 0.15) is 35.0 Å². The minimum absolute atomic E-state index is 0.169. The normalized spacial score (nSPS) is 11.4. The summed E-state index contributed by atoms with van der Waals surface area (Å²) in [5.74, 6) is -0.920. The van der Waals surface area contributed by atoms with Gasteiger partial charge in [-0.3, -0.25) is 9.59 Å². The van der Waals surface area contributed by atoms with Gasteiger partial charge in [-0.15, -0.1) is 23.1 Å². The summed E-state index contributed by atoms with van der Waals surface area (Å²) in [6.07, 6.45) is 0. The third kappa shape index (κ3) is 6.67. The lowest BCUT2D eigenvalue weighted by atomic mass is 10.0. The zero-order valence-corrected chi connectivity index (χ0v) is 22.0. The fourth-order valence-corrected chi connectivity index (χ4v) is 5.79. The average Bonchev–Trinajstić information content (AvgIpc) is 3.32. The molecular formula is C29H26N2O4S2. The van der Waals surface area contributed by atoms with E-state index in [2.05, 4.69) is 10.6 Å². The molecule has 2 amide bonds. The van der Waals surface area contributed by atoms with Gasteiger partial charge in [-0.1, -0.05) is 66.7 Å². The molecule has 1 aromatic heterocycles. The minimum atomic E-state index is -0.605. The van der Waals surface area contributed by atoms with Crippen LogP contribution in [-0.2, 0) is 14.3 Å². The molecule has 2 N–H and O–H groups in total. The lowest BCUT2D eigenvalue weighted by molar-refractivity contribution is -0.116. The monoisotopic (exact) mass is 530 g/mol. The van der Waals surface area contributed by atoms with Crippen molar-refractivity contribution in [3.05, 3.63) is 101 Å². The first-order valence-electron chi connectivity index (χ1n) is 11.7. The average molecular weight is 531 g/mol. The molecule has 0 saturated carbocycles. The van der Waals surface area contributed by atoms with Gasteiger partial charge in [0, 0.05) is 28.5 Å². The molecule has 3 aromatic carbocycles. The molecule has 0 aliphatic carbocycles. The van der Waals surface area contributed by atoms with Crippen molar-refractivity contribution in [3.8, 4) is 11.1 Å². The number of benzene rings is 3. The van der Waals surface area contributed by atoms with Crippen molar-refractivity contribution in [2.24, 2.45) is 0 Å². The molecule has 8 heteroatoms. The Kier molecular flexibility index (Phi) is 8.77. The summed E-state index contributed by atoms with van der Waals surface area (Å²) in [5, 5.41) is 7.46. The quantitative estimate of drug-likeness (QED) is 0.179. The summed E-state index contributed by atoms with van der Waals surface area (Å²) < 4.78 is 5.33. The highest BCUT2D eigenvalue weighted by molar-refractivity contribution is 8.00. The maximum Gasteiger partial charge on any atom is 0.341 e. The molecular weight excluding hydrogens is 504 g/mol. The van der Waals surface area contributed by atoms with Crippen LogP contribution >= 0.6 is 23.1 Å². The Hall–Kier alpha value is -3.88. The first-order chi connectivity index (χ1) is 18.0. The molecule has 37 heavy (non-hydrogen) atoms. The van der Waals surface area contributed by atoms with Gasteiger partial charge in [-0.2, -0.15) is 0 Å². The van der Waals surface area contributed by atoms with Gasteiger partial charge in [0.1, 0.15) is 15.8 Å². The molecule has 0 radical (unpaired) electrons. The molecule has 0 aliphatic rings. The maximum atomic E-state index is 13.7.